The van der Waals surface area contributed by atoms with E-state index in [2.05, 4.69) is 25.3 Å². The molecule has 0 amide bonds. The van der Waals surface area contributed by atoms with Gasteiger partial charge in [0.1, 0.15) is 6.10 Å². The van der Waals surface area contributed by atoms with Gasteiger partial charge >= 0.3 is 0 Å². The molecule has 0 aromatic carbocycles. The molecule has 0 rings (SSSR count). The van der Waals surface area contributed by atoms with Gasteiger partial charge in [-0.3, -0.25) is 0 Å². The zero-order chi connectivity index (χ0) is 9.72. The molecule has 0 aliphatic carbocycles. The van der Waals surface area contributed by atoms with Gasteiger partial charge in [0.25, 0.3) is 0 Å². The molecule has 0 bridgehead atoms. The molecule has 0 spiro atoms. The highest BCUT2D eigenvalue weighted by molar-refractivity contribution is 7.85. The normalized spacial score (nSPS) is 21.5. The van der Waals surface area contributed by atoms with Gasteiger partial charge in [0.05, 0.1) is 19.3 Å². The third kappa shape index (κ3) is 3.51. The van der Waals surface area contributed by atoms with E-state index in [1.54, 1.807) is 0 Å². The summed E-state index contributed by atoms with van der Waals surface area (Å²) in [7, 11) is 0. The summed E-state index contributed by atoms with van der Waals surface area (Å²) in [4.78, 5) is 0. The zero-order valence-corrected chi connectivity index (χ0v) is 8.20. The van der Waals surface area contributed by atoms with Crippen LogP contribution in [0.2, 0.25) is 0 Å². The van der Waals surface area contributed by atoms with Crippen molar-refractivity contribution in [2.75, 3.05) is 13.2 Å². The topological polar surface area (TPSA) is 80.9 Å². The summed E-state index contributed by atoms with van der Waals surface area (Å²) in [5.41, 5.74) is 0. The van der Waals surface area contributed by atoms with E-state index >= 15 is 0 Å². The summed E-state index contributed by atoms with van der Waals surface area (Å²) >= 11 is 7.85. The molecule has 6 heteroatoms. The molecule has 4 nitrogen and oxygen atoms in total. The van der Waals surface area contributed by atoms with Crippen LogP contribution in [0, 0.1) is 0 Å². The maximum absolute atomic E-state index is 9.24. The smallest absolute Gasteiger partial charge is 0.104 e. The van der Waals surface area contributed by atoms with Gasteiger partial charge in [-0.1, -0.05) is 0 Å². The van der Waals surface area contributed by atoms with Gasteiger partial charge in [-0.15, -0.1) is 0 Å². The lowest BCUT2D eigenvalue weighted by Gasteiger charge is -2.24. The second-order valence-corrected chi connectivity index (χ2v) is 3.74. The second-order valence-electron chi connectivity index (χ2n) is 2.48. The maximum Gasteiger partial charge on any atom is 0.104 e. The Morgan fingerprint density at radius 1 is 1.00 bits per heavy atom. The minimum absolute atomic E-state index is 0.244. The fourth-order valence-corrected chi connectivity index (χ4v) is 1.14. The summed E-state index contributed by atoms with van der Waals surface area (Å²) in [6, 6.07) is 0. The highest BCUT2D eigenvalue weighted by Crippen LogP contribution is 2.15. The first kappa shape index (κ1) is 12.5. The fraction of sp³-hybridized carbons (Fsp3) is 1.00. The predicted octanol–water partition coefficient (Wildman–Crippen LogP) is -1.71. The minimum Gasteiger partial charge on any atom is -0.395 e. The molecule has 0 fully saturated rings. The van der Waals surface area contributed by atoms with Crippen LogP contribution in [0.1, 0.15) is 0 Å². The maximum atomic E-state index is 9.24. The Morgan fingerprint density at radius 3 is 1.83 bits per heavy atom. The standard InChI is InChI=1S/C6H14O4S2/c7-1-3(9)5(10)6(12)4(11)2-8/h3-12H,1-2H2/t3-,4+,5-,6+/m1/s1. The highest BCUT2D eigenvalue weighted by Gasteiger charge is 2.27. The Morgan fingerprint density at radius 2 is 1.50 bits per heavy atom. The Bertz CT molecular complexity index is 110. The molecule has 4 atom stereocenters. The van der Waals surface area contributed by atoms with Gasteiger partial charge in [0.15, 0.2) is 0 Å². The van der Waals surface area contributed by atoms with Crippen LogP contribution in [-0.4, -0.2) is 56.3 Å². The third-order valence-electron chi connectivity index (χ3n) is 1.51. The van der Waals surface area contributed by atoms with Gasteiger partial charge < -0.3 is 20.4 Å². The molecule has 0 aliphatic rings. The summed E-state index contributed by atoms with van der Waals surface area (Å²) in [5, 5.41) is 34.1. The molecule has 0 saturated carbocycles. The van der Waals surface area contributed by atoms with E-state index < -0.39 is 29.3 Å². The summed E-state index contributed by atoms with van der Waals surface area (Å²) in [6.07, 6.45) is -2.43. The van der Waals surface area contributed by atoms with Gasteiger partial charge in [-0.2, -0.15) is 25.3 Å². The average Bonchev–Trinajstić information content (AvgIpc) is 2.12. The first-order valence-electron chi connectivity index (χ1n) is 3.48. The van der Waals surface area contributed by atoms with E-state index in [-0.39, 0.29) is 6.61 Å². The van der Waals surface area contributed by atoms with Crippen molar-refractivity contribution in [1.29, 1.82) is 0 Å². The van der Waals surface area contributed by atoms with Crippen LogP contribution >= 0.6 is 25.3 Å². The summed E-state index contributed by atoms with van der Waals surface area (Å²) in [6.45, 7) is -0.781. The Balaban J connectivity index is 3.99. The number of hydrogen-bond acceptors (Lipinski definition) is 6. The van der Waals surface area contributed by atoms with Crippen molar-refractivity contribution in [3.05, 3.63) is 0 Å². The number of rotatable bonds is 5. The Kier molecular flexibility index (Phi) is 6.34. The van der Waals surface area contributed by atoms with E-state index in [1.807, 2.05) is 0 Å². The monoisotopic (exact) mass is 214 g/mol. The molecule has 4 N–H and O–H groups in total. The molecular weight excluding hydrogens is 200 g/mol. The molecule has 0 saturated heterocycles. The molecular formula is C6H14O4S2. The van der Waals surface area contributed by atoms with Crippen molar-refractivity contribution >= 4 is 25.3 Å². The number of aliphatic hydroxyl groups excluding tert-OH is 4. The lowest BCUT2D eigenvalue weighted by Crippen LogP contribution is -2.42. The molecule has 0 radical (unpaired) electrons. The quantitative estimate of drug-likeness (QED) is 0.308. The van der Waals surface area contributed by atoms with Gasteiger partial charge in [0, 0.05) is 10.5 Å². The van der Waals surface area contributed by atoms with E-state index in [1.165, 1.54) is 0 Å². The molecule has 0 aromatic heterocycles. The molecule has 74 valence electrons. The van der Waals surface area contributed by atoms with Gasteiger partial charge in [0.2, 0.25) is 0 Å². The zero-order valence-electron chi connectivity index (χ0n) is 6.41. The number of aliphatic hydroxyl groups is 4. The van der Waals surface area contributed by atoms with Crippen molar-refractivity contribution in [2.24, 2.45) is 0 Å². The SMILES string of the molecule is OC[C@@H](O)[C@@H](O)[C@@H](S)[C@@H](S)CO. The van der Waals surface area contributed by atoms with Crippen molar-refractivity contribution in [3.8, 4) is 0 Å². The van der Waals surface area contributed by atoms with Crippen LogP contribution < -0.4 is 0 Å². The Hall–Kier alpha value is 0.540. The van der Waals surface area contributed by atoms with Crippen LogP contribution in [0.15, 0.2) is 0 Å². The van der Waals surface area contributed by atoms with E-state index in [4.69, 9.17) is 15.3 Å². The largest absolute Gasteiger partial charge is 0.395 e. The number of thiol groups is 2. The lowest BCUT2D eigenvalue weighted by atomic mass is 10.1. The van der Waals surface area contributed by atoms with E-state index in [0.717, 1.165) is 0 Å². The molecule has 0 heterocycles. The first-order valence-corrected chi connectivity index (χ1v) is 4.51. The molecule has 0 unspecified atom stereocenters. The molecule has 0 aliphatic heterocycles. The van der Waals surface area contributed by atoms with Crippen molar-refractivity contribution in [3.63, 3.8) is 0 Å². The minimum atomic E-state index is -1.24. The summed E-state index contributed by atoms with van der Waals surface area (Å²) < 4.78 is 0. The first-order chi connectivity index (χ1) is 5.54. The van der Waals surface area contributed by atoms with Crippen LogP contribution in [0.3, 0.4) is 0 Å². The highest BCUT2D eigenvalue weighted by atomic mass is 32.1. The molecule has 0 aromatic rings. The fourth-order valence-electron chi connectivity index (χ4n) is 0.671. The molecule has 12 heavy (non-hydrogen) atoms. The van der Waals surface area contributed by atoms with E-state index in [9.17, 15) is 5.11 Å². The van der Waals surface area contributed by atoms with Crippen LogP contribution in [0.4, 0.5) is 0 Å². The Labute approximate surface area is 82.1 Å². The van der Waals surface area contributed by atoms with Crippen LogP contribution in [0.25, 0.3) is 0 Å². The van der Waals surface area contributed by atoms with Crippen molar-refractivity contribution < 1.29 is 20.4 Å². The van der Waals surface area contributed by atoms with Crippen LogP contribution in [0.5, 0.6) is 0 Å². The van der Waals surface area contributed by atoms with Gasteiger partial charge in [-0.25, -0.2) is 0 Å². The lowest BCUT2D eigenvalue weighted by molar-refractivity contribution is -0.0155. The van der Waals surface area contributed by atoms with Crippen LogP contribution in [-0.2, 0) is 0 Å². The predicted molar refractivity (Wildman–Crippen MR) is 51.7 cm³/mol. The number of hydrogen-bond donors (Lipinski definition) is 6. The third-order valence-corrected chi connectivity index (χ3v) is 2.90. The average molecular weight is 214 g/mol. The van der Waals surface area contributed by atoms with Crippen molar-refractivity contribution in [1.82, 2.24) is 0 Å². The van der Waals surface area contributed by atoms with Gasteiger partial charge in [-0.05, 0) is 0 Å². The second kappa shape index (κ2) is 6.06. The summed E-state index contributed by atoms with van der Waals surface area (Å²) in [5.74, 6) is 0. The van der Waals surface area contributed by atoms with Crippen molar-refractivity contribution in [2.45, 2.75) is 22.7 Å². The van der Waals surface area contributed by atoms with E-state index in [0.29, 0.717) is 0 Å².